The molecule has 0 aliphatic carbocycles. The number of hydrogen-bond donors (Lipinski definition) is 0. The Hall–Kier alpha value is -1.77. The molecular weight excluding hydrogens is 192 g/mol. The van der Waals surface area contributed by atoms with Crippen molar-refractivity contribution in [3.8, 4) is 0 Å². The fraction of sp³-hybridized carbons (Fsp3) is 0.250. The van der Waals surface area contributed by atoms with Gasteiger partial charge in [0.1, 0.15) is 6.10 Å². The van der Waals surface area contributed by atoms with Crippen molar-refractivity contribution in [3.63, 3.8) is 0 Å². The number of carbonyl (C=O) groups is 1. The average Bonchev–Trinajstić information content (AvgIpc) is 2.29. The number of carbonyl (C=O) groups excluding carboxylic acids is 1. The molecule has 0 amide bonds. The van der Waals surface area contributed by atoms with E-state index < -0.39 is 6.16 Å². The predicted molar refractivity (Wildman–Crippen MR) is 57.6 cm³/mol. The summed E-state index contributed by atoms with van der Waals surface area (Å²) in [6.45, 7) is 3.61. The van der Waals surface area contributed by atoms with E-state index >= 15 is 0 Å². The highest BCUT2D eigenvalue weighted by atomic mass is 16.7. The van der Waals surface area contributed by atoms with Crippen molar-refractivity contribution in [1.82, 2.24) is 0 Å². The molecule has 0 heterocycles. The molecule has 0 N–H and O–H groups in total. The summed E-state index contributed by atoms with van der Waals surface area (Å²) in [7, 11) is 1.28. The van der Waals surface area contributed by atoms with E-state index in [1.54, 1.807) is 6.08 Å². The number of ether oxygens (including phenoxy) is 2. The molecule has 80 valence electrons. The van der Waals surface area contributed by atoms with Crippen LogP contribution in [0.3, 0.4) is 0 Å². The molecule has 1 aromatic carbocycles. The molecule has 0 spiro atoms. The van der Waals surface area contributed by atoms with Gasteiger partial charge in [0.05, 0.1) is 7.11 Å². The monoisotopic (exact) mass is 206 g/mol. The highest BCUT2D eigenvalue weighted by Crippen LogP contribution is 2.07. The predicted octanol–water partition coefficient (Wildman–Crippen LogP) is 2.57. The van der Waals surface area contributed by atoms with E-state index in [9.17, 15) is 4.79 Å². The van der Waals surface area contributed by atoms with Crippen LogP contribution >= 0.6 is 0 Å². The van der Waals surface area contributed by atoms with Crippen LogP contribution in [0.5, 0.6) is 0 Å². The van der Waals surface area contributed by atoms with Crippen molar-refractivity contribution in [2.45, 2.75) is 12.5 Å². The number of hydrogen-bond acceptors (Lipinski definition) is 3. The van der Waals surface area contributed by atoms with Gasteiger partial charge in [-0.25, -0.2) is 4.79 Å². The lowest BCUT2D eigenvalue weighted by atomic mass is 10.1. The molecule has 1 rings (SSSR count). The van der Waals surface area contributed by atoms with Gasteiger partial charge >= 0.3 is 6.16 Å². The number of methoxy groups -OCH3 is 1. The zero-order valence-electron chi connectivity index (χ0n) is 8.68. The summed E-state index contributed by atoms with van der Waals surface area (Å²) in [5.74, 6) is 0. The maximum Gasteiger partial charge on any atom is 0.508 e. The van der Waals surface area contributed by atoms with Gasteiger partial charge in [0.15, 0.2) is 0 Å². The van der Waals surface area contributed by atoms with Crippen LogP contribution in [0.4, 0.5) is 4.79 Å². The van der Waals surface area contributed by atoms with Gasteiger partial charge in [0, 0.05) is 6.42 Å². The lowest BCUT2D eigenvalue weighted by Crippen LogP contribution is -2.18. The number of rotatable bonds is 4. The van der Waals surface area contributed by atoms with Gasteiger partial charge in [-0.1, -0.05) is 43.0 Å². The highest BCUT2D eigenvalue weighted by Gasteiger charge is 2.11. The fourth-order valence-corrected chi connectivity index (χ4v) is 1.19. The molecule has 3 nitrogen and oxygen atoms in total. The lowest BCUT2D eigenvalue weighted by molar-refractivity contribution is 0.0528. The average molecular weight is 206 g/mol. The SMILES string of the molecule is C=C[C@@H](Cc1ccccc1)OC(=O)OC. The van der Waals surface area contributed by atoms with Crippen molar-refractivity contribution in [2.24, 2.45) is 0 Å². The summed E-state index contributed by atoms with van der Waals surface area (Å²) in [4.78, 5) is 10.9. The second-order valence-corrected chi connectivity index (χ2v) is 3.04. The Balaban J connectivity index is 2.54. The molecule has 1 atom stereocenters. The summed E-state index contributed by atoms with van der Waals surface area (Å²) in [5.41, 5.74) is 1.09. The Morgan fingerprint density at radius 2 is 2.13 bits per heavy atom. The van der Waals surface area contributed by atoms with Gasteiger partial charge in [-0.3, -0.25) is 0 Å². The second-order valence-electron chi connectivity index (χ2n) is 3.04. The minimum absolute atomic E-state index is 0.347. The molecule has 0 aliphatic heterocycles. The molecule has 0 aliphatic rings. The third-order valence-electron chi connectivity index (χ3n) is 1.96. The van der Waals surface area contributed by atoms with Gasteiger partial charge in [0.25, 0.3) is 0 Å². The van der Waals surface area contributed by atoms with E-state index in [-0.39, 0.29) is 6.10 Å². The van der Waals surface area contributed by atoms with Crippen molar-refractivity contribution in [1.29, 1.82) is 0 Å². The van der Waals surface area contributed by atoms with Gasteiger partial charge in [-0.05, 0) is 5.56 Å². The first-order chi connectivity index (χ1) is 7.26. The van der Waals surface area contributed by atoms with Crippen LogP contribution in [-0.2, 0) is 15.9 Å². The Bertz CT molecular complexity index is 319. The molecule has 1 aromatic rings. The van der Waals surface area contributed by atoms with Gasteiger partial charge in [-0.15, -0.1) is 0 Å². The standard InChI is InChI=1S/C12H14O3/c1-3-11(15-12(13)14-2)9-10-7-5-4-6-8-10/h3-8,11H,1,9H2,2H3/t11-/m0/s1. The topological polar surface area (TPSA) is 35.5 Å². The quantitative estimate of drug-likeness (QED) is 0.561. The zero-order chi connectivity index (χ0) is 11.1. The van der Waals surface area contributed by atoms with Crippen LogP contribution < -0.4 is 0 Å². The van der Waals surface area contributed by atoms with E-state index in [1.165, 1.54) is 7.11 Å². The molecule has 0 bridgehead atoms. The normalized spacial score (nSPS) is 11.5. The molecule has 15 heavy (non-hydrogen) atoms. The molecule has 0 radical (unpaired) electrons. The van der Waals surface area contributed by atoms with E-state index in [0.717, 1.165) is 5.56 Å². The second kappa shape index (κ2) is 5.86. The van der Waals surface area contributed by atoms with Crippen molar-refractivity contribution in [3.05, 3.63) is 48.6 Å². The van der Waals surface area contributed by atoms with Crippen LogP contribution in [0.2, 0.25) is 0 Å². The molecule has 0 fully saturated rings. The zero-order valence-corrected chi connectivity index (χ0v) is 8.68. The smallest absolute Gasteiger partial charge is 0.438 e. The molecule has 0 saturated carbocycles. The van der Waals surface area contributed by atoms with Gasteiger partial charge < -0.3 is 9.47 Å². The van der Waals surface area contributed by atoms with Crippen LogP contribution in [-0.4, -0.2) is 19.4 Å². The largest absolute Gasteiger partial charge is 0.508 e. The maximum absolute atomic E-state index is 10.9. The minimum atomic E-state index is -0.684. The van der Waals surface area contributed by atoms with Crippen LogP contribution in [0.15, 0.2) is 43.0 Å². The Morgan fingerprint density at radius 1 is 1.47 bits per heavy atom. The van der Waals surface area contributed by atoms with Crippen molar-refractivity contribution in [2.75, 3.05) is 7.11 Å². The summed E-state index contributed by atoms with van der Waals surface area (Å²) in [5, 5.41) is 0. The first-order valence-corrected chi connectivity index (χ1v) is 4.67. The molecular formula is C12H14O3. The summed E-state index contributed by atoms with van der Waals surface area (Å²) in [6.07, 6.45) is 1.17. The molecule has 3 heteroatoms. The maximum atomic E-state index is 10.9. The third kappa shape index (κ3) is 3.85. The lowest BCUT2D eigenvalue weighted by Gasteiger charge is -2.12. The van der Waals surface area contributed by atoms with E-state index in [2.05, 4.69) is 11.3 Å². The van der Waals surface area contributed by atoms with E-state index in [1.807, 2.05) is 30.3 Å². The fourth-order valence-electron chi connectivity index (χ4n) is 1.19. The Labute approximate surface area is 89.3 Å². The van der Waals surface area contributed by atoms with Gasteiger partial charge in [-0.2, -0.15) is 0 Å². The van der Waals surface area contributed by atoms with Gasteiger partial charge in [0.2, 0.25) is 0 Å². The van der Waals surface area contributed by atoms with Crippen molar-refractivity contribution >= 4 is 6.16 Å². The molecule has 0 aromatic heterocycles. The summed E-state index contributed by atoms with van der Waals surface area (Å²) < 4.78 is 9.38. The first kappa shape index (κ1) is 11.3. The van der Waals surface area contributed by atoms with E-state index in [4.69, 9.17) is 4.74 Å². The minimum Gasteiger partial charge on any atom is -0.438 e. The molecule has 0 saturated heterocycles. The van der Waals surface area contributed by atoms with E-state index in [0.29, 0.717) is 6.42 Å². The van der Waals surface area contributed by atoms with Crippen LogP contribution in [0.1, 0.15) is 5.56 Å². The van der Waals surface area contributed by atoms with Crippen LogP contribution in [0.25, 0.3) is 0 Å². The Morgan fingerprint density at radius 3 is 2.67 bits per heavy atom. The summed E-state index contributed by atoms with van der Waals surface area (Å²) in [6, 6.07) is 9.75. The summed E-state index contributed by atoms with van der Waals surface area (Å²) >= 11 is 0. The number of benzene rings is 1. The first-order valence-electron chi connectivity index (χ1n) is 4.67. The van der Waals surface area contributed by atoms with Crippen LogP contribution in [0, 0.1) is 0 Å². The third-order valence-corrected chi connectivity index (χ3v) is 1.96. The highest BCUT2D eigenvalue weighted by molar-refractivity contribution is 5.60. The molecule has 0 unspecified atom stereocenters. The Kier molecular flexibility index (Phi) is 4.41. The van der Waals surface area contributed by atoms with Crippen molar-refractivity contribution < 1.29 is 14.3 Å².